The molecule has 0 amide bonds. The molecule has 0 spiro atoms. The van der Waals surface area contributed by atoms with E-state index in [1.807, 2.05) is 25.1 Å². The van der Waals surface area contributed by atoms with E-state index < -0.39 is 11.6 Å². The molecule has 0 saturated carbocycles. The van der Waals surface area contributed by atoms with Crippen molar-refractivity contribution in [1.29, 1.82) is 0 Å². The van der Waals surface area contributed by atoms with Gasteiger partial charge in [0.2, 0.25) is 0 Å². The van der Waals surface area contributed by atoms with Crippen LogP contribution in [0.1, 0.15) is 18.3 Å². The number of rotatable bonds is 5. The van der Waals surface area contributed by atoms with Crippen LogP contribution in [-0.4, -0.2) is 32.4 Å². The molecule has 2 aromatic heterocycles. The SMILES string of the molecule is CCn1c(Cn2ccnc2-c2cc(F)ccc2F)nc2cc(C=NC)ccc21. The summed E-state index contributed by atoms with van der Waals surface area (Å²) in [6, 6.07) is 9.37. The standard InChI is InChI=1S/C21H19F2N5/c1-3-28-19-7-4-14(12-24-2)10-18(19)26-20(28)13-27-9-8-25-21(27)16-11-15(22)5-6-17(16)23/h4-12H,3,13H2,1-2H3. The van der Waals surface area contributed by atoms with Gasteiger partial charge in [-0.05, 0) is 42.8 Å². The molecule has 2 aromatic carbocycles. The van der Waals surface area contributed by atoms with Gasteiger partial charge in [0.05, 0.1) is 23.1 Å². The summed E-state index contributed by atoms with van der Waals surface area (Å²) in [6.07, 6.45) is 5.10. The van der Waals surface area contributed by atoms with Crippen molar-refractivity contribution in [2.24, 2.45) is 4.99 Å². The summed E-state index contributed by atoms with van der Waals surface area (Å²) in [7, 11) is 1.73. The van der Waals surface area contributed by atoms with Crippen molar-refractivity contribution < 1.29 is 8.78 Å². The third-order valence-electron chi connectivity index (χ3n) is 4.64. The predicted octanol–water partition coefficient (Wildman–Crippen LogP) is 4.29. The highest BCUT2D eigenvalue weighted by atomic mass is 19.1. The lowest BCUT2D eigenvalue weighted by molar-refractivity contribution is 0.599. The molecular formula is C21H19F2N5. The Morgan fingerprint density at radius 1 is 1.14 bits per heavy atom. The first-order valence-electron chi connectivity index (χ1n) is 8.98. The summed E-state index contributed by atoms with van der Waals surface area (Å²) in [6.45, 7) is 3.18. The minimum Gasteiger partial charge on any atom is -0.327 e. The van der Waals surface area contributed by atoms with E-state index >= 15 is 0 Å². The van der Waals surface area contributed by atoms with E-state index in [1.54, 1.807) is 30.2 Å². The highest BCUT2D eigenvalue weighted by molar-refractivity contribution is 5.87. The lowest BCUT2D eigenvalue weighted by atomic mass is 10.2. The van der Waals surface area contributed by atoms with Gasteiger partial charge < -0.3 is 9.13 Å². The molecule has 0 saturated heterocycles. The van der Waals surface area contributed by atoms with Crippen LogP contribution in [0.3, 0.4) is 0 Å². The number of hydrogen-bond acceptors (Lipinski definition) is 3. The first kappa shape index (κ1) is 18.0. The van der Waals surface area contributed by atoms with Crippen LogP contribution in [0.4, 0.5) is 8.78 Å². The fourth-order valence-electron chi connectivity index (χ4n) is 3.40. The quantitative estimate of drug-likeness (QED) is 0.486. The van der Waals surface area contributed by atoms with Gasteiger partial charge >= 0.3 is 0 Å². The third kappa shape index (κ3) is 3.19. The fourth-order valence-corrected chi connectivity index (χ4v) is 3.40. The second kappa shape index (κ2) is 7.34. The first-order chi connectivity index (χ1) is 13.6. The van der Waals surface area contributed by atoms with Crippen LogP contribution in [0.25, 0.3) is 22.4 Å². The van der Waals surface area contributed by atoms with E-state index in [9.17, 15) is 8.78 Å². The summed E-state index contributed by atoms with van der Waals surface area (Å²) < 4.78 is 31.7. The number of halogens is 2. The fraction of sp³-hybridized carbons (Fsp3) is 0.190. The second-order valence-electron chi connectivity index (χ2n) is 6.41. The molecule has 0 aliphatic carbocycles. The summed E-state index contributed by atoms with van der Waals surface area (Å²) in [4.78, 5) is 13.0. The largest absolute Gasteiger partial charge is 0.327 e. The van der Waals surface area contributed by atoms with Crippen LogP contribution in [-0.2, 0) is 13.1 Å². The van der Waals surface area contributed by atoms with Gasteiger partial charge in [-0.15, -0.1) is 0 Å². The lowest BCUT2D eigenvalue weighted by Gasteiger charge is -2.10. The molecule has 7 heteroatoms. The van der Waals surface area contributed by atoms with Crippen molar-refractivity contribution in [2.75, 3.05) is 7.05 Å². The summed E-state index contributed by atoms with van der Waals surface area (Å²) in [5.74, 6) is 0.169. The molecule has 4 aromatic rings. The van der Waals surface area contributed by atoms with Gasteiger partial charge in [0.15, 0.2) is 0 Å². The van der Waals surface area contributed by atoms with E-state index in [0.29, 0.717) is 12.4 Å². The zero-order valence-corrected chi connectivity index (χ0v) is 15.6. The van der Waals surface area contributed by atoms with E-state index in [1.165, 1.54) is 0 Å². The number of aryl methyl sites for hydroxylation is 1. The Morgan fingerprint density at radius 3 is 2.79 bits per heavy atom. The van der Waals surface area contributed by atoms with E-state index in [2.05, 4.69) is 14.5 Å². The van der Waals surface area contributed by atoms with Crippen LogP contribution in [0.2, 0.25) is 0 Å². The monoisotopic (exact) mass is 379 g/mol. The Labute approximate surface area is 161 Å². The Morgan fingerprint density at radius 2 is 2.00 bits per heavy atom. The number of fused-ring (bicyclic) bond motifs is 1. The van der Waals surface area contributed by atoms with Crippen molar-refractivity contribution in [2.45, 2.75) is 20.0 Å². The van der Waals surface area contributed by atoms with Gasteiger partial charge in [-0.3, -0.25) is 4.99 Å². The average Bonchev–Trinajstić information content (AvgIpc) is 3.27. The summed E-state index contributed by atoms with van der Waals surface area (Å²) in [5, 5.41) is 0. The maximum absolute atomic E-state index is 14.2. The molecule has 28 heavy (non-hydrogen) atoms. The van der Waals surface area contributed by atoms with Gasteiger partial charge in [-0.25, -0.2) is 18.7 Å². The normalized spacial score (nSPS) is 11.7. The zero-order chi connectivity index (χ0) is 19.7. The van der Waals surface area contributed by atoms with Crippen LogP contribution in [0.15, 0.2) is 53.8 Å². The molecular weight excluding hydrogens is 360 g/mol. The maximum Gasteiger partial charge on any atom is 0.143 e. The topological polar surface area (TPSA) is 48.0 Å². The number of aromatic nitrogens is 4. The van der Waals surface area contributed by atoms with E-state index in [-0.39, 0.29) is 5.56 Å². The van der Waals surface area contributed by atoms with Crippen LogP contribution in [0, 0.1) is 11.6 Å². The Balaban J connectivity index is 1.77. The Bertz CT molecular complexity index is 1170. The van der Waals surface area contributed by atoms with Crippen molar-refractivity contribution in [3.63, 3.8) is 0 Å². The van der Waals surface area contributed by atoms with Gasteiger partial charge in [-0.2, -0.15) is 0 Å². The van der Waals surface area contributed by atoms with E-state index in [0.717, 1.165) is 47.2 Å². The van der Waals surface area contributed by atoms with Gasteiger partial charge in [0.25, 0.3) is 0 Å². The summed E-state index contributed by atoms with van der Waals surface area (Å²) >= 11 is 0. The third-order valence-corrected chi connectivity index (χ3v) is 4.64. The Hall–Kier alpha value is -3.35. The molecule has 0 radical (unpaired) electrons. The van der Waals surface area contributed by atoms with Crippen LogP contribution >= 0.6 is 0 Å². The highest BCUT2D eigenvalue weighted by Gasteiger charge is 2.16. The van der Waals surface area contributed by atoms with Gasteiger partial charge in [0.1, 0.15) is 23.3 Å². The molecule has 0 fully saturated rings. The number of imidazole rings is 2. The maximum atomic E-state index is 14.2. The molecule has 0 unspecified atom stereocenters. The van der Waals surface area contributed by atoms with E-state index in [4.69, 9.17) is 4.98 Å². The minimum atomic E-state index is -0.513. The van der Waals surface area contributed by atoms with Crippen molar-refractivity contribution in [3.05, 3.63) is 71.8 Å². The lowest BCUT2D eigenvalue weighted by Crippen LogP contribution is -2.09. The van der Waals surface area contributed by atoms with Crippen LogP contribution in [0.5, 0.6) is 0 Å². The zero-order valence-electron chi connectivity index (χ0n) is 15.6. The number of benzene rings is 2. The van der Waals surface area contributed by atoms with Crippen molar-refractivity contribution in [1.82, 2.24) is 19.1 Å². The Kier molecular flexibility index (Phi) is 4.73. The molecule has 142 valence electrons. The molecule has 4 rings (SSSR count). The van der Waals surface area contributed by atoms with Gasteiger partial charge in [-0.1, -0.05) is 6.07 Å². The van der Waals surface area contributed by atoms with Gasteiger partial charge in [0, 0.05) is 32.2 Å². The summed E-state index contributed by atoms with van der Waals surface area (Å²) in [5.41, 5.74) is 3.00. The second-order valence-corrected chi connectivity index (χ2v) is 6.41. The number of hydrogen-bond donors (Lipinski definition) is 0. The molecule has 0 aliphatic heterocycles. The first-order valence-corrected chi connectivity index (χ1v) is 8.98. The molecule has 0 aliphatic rings. The van der Waals surface area contributed by atoms with Crippen molar-refractivity contribution in [3.8, 4) is 11.4 Å². The molecule has 0 atom stereocenters. The minimum absolute atomic E-state index is 0.130. The molecule has 2 heterocycles. The molecule has 0 bridgehead atoms. The number of nitrogens with zero attached hydrogens (tertiary/aromatic N) is 5. The average molecular weight is 379 g/mol. The molecule has 5 nitrogen and oxygen atoms in total. The van der Waals surface area contributed by atoms with Crippen molar-refractivity contribution >= 4 is 17.2 Å². The predicted molar refractivity (Wildman–Crippen MR) is 106 cm³/mol. The van der Waals surface area contributed by atoms with Crippen LogP contribution < -0.4 is 0 Å². The molecule has 0 N–H and O–H groups in total. The highest BCUT2D eigenvalue weighted by Crippen LogP contribution is 2.24. The smallest absolute Gasteiger partial charge is 0.143 e. The number of aliphatic imine (C=N–C) groups is 1.